The predicted molar refractivity (Wildman–Crippen MR) is 65.6 cm³/mol. The fraction of sp³-hybridized carbons (Fsp3) is 0.500. The molecule has 0 aliphatic heterocycles. The zero-order chi connectivity index (χ0) is 12.0. The first kappa shape index (κ1) is 12.5. The fourth-order valence-electron chi connectivity index (χ4n) is 1.25. The maximum absolute atomic E-state index is 11.7. The summed E-state index contributed by atoms with van der Waals surface area (Å²) in [4.78, 5) is 15.9. The topological polar surface area (TPSA) is 54.0 Å². The largest absolute Gasteiger partial charge is 0.370 e. The molecule has 0 aromatic carbocycles. The van der Waals surface area contributed by atoms with Crippen molar-refractivity contribution in [3.05, 3.63) is 23.9 Å². The molecule has 4 nitrogen and oxygen atoms in total. The van der Waals surface area contributed by atoms with Crippen LogP contribution in [0.4, 0.5) is 5.82 Å². The van der Waals surface area contributed by atoms with Gasteiger partial charge in [0.15, 0.2) is 0 Å². The molecular weight excluding hydrogens is 202 g/mol. The molecule has 0 atom stereocenters. The quantitative estimate of drug-likeness (QED) is 0.798. The maximum Gasteiger partial charge on any atom is 0.251 e. The number of pyridine rings is 1. The van der Waals surface area contributed by atoms with Gasteiger partial charge in [-0.25, -0.2) is 4.98 Å². The van der Waals surface area contributed by atoms with Crippen molar-refractivity contribution in [1.29, 1.82) is 0 Å². The Kier molecular flexibility index (Phi) is 4.76. The van der Waals surface area contributed by atoms with Gasteiger partial charge in [0.25, 0.3) is 5.91 Å². The molecular formula is C12H19N3O. The monoisotopic (exact) mass is 221 g/mol. The molecule has 4 heteroatoms. The summed E-state index contributed by atoms with van der Waals surface area (Å²) in [6.07, 6.45) is 1.64. The summed E-state index contributed by atoms with van der Waals surface area (Å²) in [7, 11) is 0. The second-order valence-electron chi connectivity index (χ2n) is 4.06. The lowest BCUT2D eigenvalue weighted by Crippen LogP contribution is -2.27. The van der Waals surface area contributed by atoms with Crippen LogP contribution in [0.1, 0.15) is 31.1 Å². The van der Waals surface area contributed by atoms with Crippen molar-refractivity contribution < 1.29 is 4.79 Å². The summed E-state index contributed by atoms with van der Waals surface area (Å²) in [5, 5.41) is 5.95. The van der Waals surface area contributed by atoms with Crippen LogP contribution in [-0.4, -0.2) is 24.0 Å². The van der Waals surface area contributed by atoms with Crippen molar-refractivity contribution in [2.45, 2.75) is 20.8 Å². The van der Waals surface area contributed by atoms with E-state index in [4.69, 9.17) is 0 Å². The van der Waals surface area contributed by atoms with Crippen LogP contribution in [-0.2, 0) is 0 Å². The Hall–Kier alpha value is -1.58. The molecule has 0 aliphatic rings. The van der Waals surface area contributed by atoms with E-state index < -0.39 is 0 Å². The first-order valence-corrected chi connectivity index (χ1v) is 5.61. The Morgan fingerprint density at radius 1 is 1.50 bits per heavy atom. The Morgan fingerprint density at radius 2 is 2.25 bits per heavy atom. The van der Waals surface area contributed by atoms with E-state index >= 15 is 0 Å². The molecule has 1 rings (SSSR count). The minimum Gasteiger partial charge on any atom is -0.370 e. The highest BCUT2D eigenvalue weighted by Crippen LogP contribution is 2.06. The summed E-state index contributed by atoms with van der Waals surface area (Å²) < 4.78 is 0. The second kappa shape index (κ2) is 6.10. The Balaban J connectivity index is 2.64. The second-order valence-corrected chi connectivity index (χ2v) is 4.06. The van der Waals surface area contributed by atoms with E-state index in [9.17, 15) is 4.79 Å². The molecule has 16 heavy (non-hydrogen) atoms. The van der Waals surface area contributed by atoms with Crippen LogP contribution in [0.5, 0.6) is 0 Å². The molecule has 1 amide bonds. The molecule has 0 bridgehead atoms. The Morgan fingerprint density at radius 3 is 2.88 bits per heavy atom. The van der Waals surface area contributed by atoms with Gasteiger partial charge in [-0.3, -0.25) is 4.79 Å². The van der Waals surface area contributed by atoms with Crippen molar-refractivity contribution in [2.75, 3.05) is 18.4 Å². The lowest BCUT2D eigenvalue weighted by Gasteiger charge is -2.08. The van der Waals surface area contributed by atoms with Gasteiger partial charge < -0.3 is 10.6 Å². The molecule has 1 heterocycles. The lowest BCUT2D eigenvalue weighted by molar-refractivity contribution is 0.0949. The average molecular weight is 221 g/mol. The molecule has 0 unspecified atom stereocenters. The summed E-state index contributed by atoms with van der Waals surface area (Å²) >= 11 is 0. The van der Waals surface area contributed by atoms with E-state index in [0.717, 1.165) is 12.4 Å². The van der Waals surface area contributed by atoms with E-state index in [0.29, 0.717) is 18.0 Å². The number of hydrogen-bond donors (Lipinski definition) is 2. The highest BCUT2D eigenvalue weighted by atomic mass is 16.1. The van der Waals surface area contributed by atoms with Crippen LogP contribution < -0.4 is 10.6 Å². The number of aromatic nitrogens is 1. The molecule has 1 aromatic heterocycles. The lowest BCUT2D eigenvalue weighted by atomic mass is 10.2. The number of nitrogens with zero attached hydrogens (tertiary/aromatic N) is 1. The fourth-order valence-corrected chi connectivity index (χ4v) is 1.25. The standard InChI is InChI=1S/C12H19N3O/c1-4-13-11-7-10(5-6-14-11)12(16)15-8-9(2)3/h5-7,9H,4,8H2,1-3H3,(H,13,14)(H,15,16). The zero-order valence-electron chi connectivity index (χ0n) is 10.1. The number of anilines is 1. The van der Waals surface area contributed by atoms with Gasteiger partial charge in [-0.2, -0.15) is 0 Å². The van der Waals surface area contributed by atoms with E-state index in [-0.39, 0.29) is 5.91 Å². The molecule has 1 aromatic rings. The van der Waals surface area contributed by atoms with E-state index in [1.807, 2.05) is 6.92 Å². The van der Waals surface area contributed by atoms with Crippen LogP contribution in [0.3, 0.4) is 0 Å². The van der Waals surface area contributed by atoms with Gasteiger partial charge in [0.05, 0.1) is 0 Å². The van der Waals surface area contributed by atoms with E-state index in [1.165, 1.54) is 0 Å². The van der Waals surface area contributed by atoms with Gasteiger partial charge in [-0.05, 0) is 25.0 Å². The third-order valence-corrected chi connectivity index (χ3v) is 2.05. The number of carbonyl (C=O) groups is 1. The number of rotatable bonds is 5. The molecule has 2 N–H and O–H groups in total. The smallest absolute Gasteiger partial charge is 0.251 e. The van der Waals surface area contributed by atoms with Crippen molar-refractivity contribution in [2.24, 2.45) is 5.92 Å². The van der Waals surface area contributed by atoms with Crippen LogP contribution in [0.2, 0.25) is 0 Å². The third-order valence-electron chi connectivity index (χ3n) is 2.05. The highest BCUT2D eigenvalue weighted by molar-refractivity contribution is 5.94. The predicted octanol–water partition coefficient (Wildman–Crippen LogP) is 1.90. The Labute approximate surface area is 96.5 Å². The van der Waals surface area contributed by atoms with Gasteiger partial charge in [-0.15, -0.1) is 0 Å². The van der Waals surface area contributed by atoms with Crippen LogP contribution in [0.25, 0.3) is 0 Å². The first-order valence-electron chi connectivity index (χ1n) is 5.61. The highest BCUT2D eigenvalue weighted by Gasteiger charge is 2.06. The molecule has 0 saturated heterocycles. The molecule has 0 saturated carbocycles. The normalized spacial score (nSPS) is 10.2. The summed E-state index contributed by atoms with van der Waals surface area (Å²) in [6.45, 7) is 7.61. The SMILES string of the molecule is CCNc1cc(C(=O)NCC(C)C)ccn1. The maximum atomic E-state index is 11.7. The van der Waals surface area contributed by atoms with Crippen LogP contribution >= 0.6 is 0 Å². The van der Waals surface area contributed by atoms with Crippen molar-refractivity contribution in [3.63, 3.8) is 0 Å². The molecule has 0 spiro atoms. The van der Waals surface area contributed by atoms with Gasteiger partial charge in [-0.1, -0.05) is 13.8 Å². The van der Waals surface area contributed by atoms with Crippen molar-refractivity contribution in [3.8, 4) is 0 Å². The van der Waals surface area contributed by atoms with Crippen LogP contribution in [0.15, 0.2) is 18.3 Å². The van der Waals surface area contributed by atoms with Gasteiger partial charge in [0.2, 0.25) is 0 Å². The third kappa shape index (κ3) is 3.88. The summed E-state index contributed by atoms with van der Waals surface area (Å²) in [6, 6.07) is 3.48. The number of amides is 1. The van der Waals surface area contributed by atoms with Gasteiger partial charge in [0.1, 0.15) is 5.82 Å². The molecule has 88 valence electrons. The molecule has 0 fully saturated rings. The van der Waals surface area contributed by atoms with E-state index in [2.05, 4.69) is 29.5 Å². The molecule has 0 radical (unpaired) electrons. The van der Waals surface area contributed by atoms with Crippen molar-refractivity contribution in [1.82, 2.24) is 10.3 Å². The Bertz CT molecular complexity index is 350. The van der Waals surface area contributed by atoms with Crippen LogP contribution in [0, 0.1) is 5.92 Å². The summed E-state index contributed by atoms with van der Waals surface area (Å²) in [5.74, 6) is 1.15. The van der Waals surface area contributed by atoms with Gasteiger partial charge in [0, 0.05) is 24.8 Å². The van der Waals surface area contributed by atoms with Gasteiger partial charge >= 0.3 is 0 Å². The number of carbonyl (C=O) groups excluding carboxylic acids is 1. The van der Waals surface area contributed by atoms with E-state index in [1.54, 1.807) is 18.3 Å². The minimum atomic E-state index is -0.0461. The van der Waals surface area contributed by atoms with Crippen molar-refractivity contribution >= 4 is 11.7 Å². The first-order chi connectivity index (χ1) is 7.63. The summed E-state index contributed by atoms with van der Waals surface area (Å²) in [5.41, 5.74) is 0.645. The average Bonchev–Trinajstić information content (AvgIpc) is 2.26. The molecule has 0 aliphatic carbocycles. The minimum absolute atomic E-state index is 0.0461. The number of hydrogen-bond acceptors (Lipinski definition) is 3. The zero-order valence-corrected chi connectivity index (χ0v) is 10.1. The number of nitrogens with one attached hydrogen (secondary N) is 2.